The third kappa shape index (κ3) is 5.27. The van der Waals surface area contributed by atoms with Crippen molar-refractivity contribution in [2.45, 2.75) is 49.0 Å². The molecule has 20 nitrogen and oxygen atoms in total. The van der Waals surface area contributed by atoms with Crippen molar-refractivity contribution in [3.05, 3.63) is 25.3 Å². The zero-order chi connectivity index (χ0) is 31.0. The highest BCUT2D eigenvalue weighted by Crippen LogP contribution is 2.54. The normalized spacial score (nSPS) is 38.3. The zero-order valence-electron chi connectivity index (χ0n) is 22.2. The van der Waals surface area contributed by atoms with Gasteiger partial charge in [-0.25, -0.2) is 40.1 Å². The molecule has 0 bridgehead atoms. The molecule has 3 fully saturated rings. The maximum atomic E-state index is 13.5. The highest BCUT2D eigenvalue weighted by Gasteiger charge is 2.51. The lowest BCUT2D eigenvalue weighted by molar-refractivity contribution is -0.0464. The molecule has 0 spiro atoms. The molecule has 3 aliphatic heterocycles. The van der Waals surface area contributed by atoms with E-state index in [1.165, 1.54) is 34.4 Å². The predicted octanol–water partition coefficient (Wildman–Crippen LogP) is -0.614. The summed E-state index contributed by atoms with van der Waals surface area (Å²) in [5.74, 6) is 0.251. The quantitative estimate of drug-likeness (QED) is 0.0963. The number of aromatic nitrogens is 8. The molecule has 3 saturated heterocycles. The molecule has 3 aliphatic rings. The van der Waals surface area contributed by atoms with Crippen LogP contribution in [0.3, 0.4) is 0 Å². The van der Waals surface area contributed by atoms with Gasteiger partial charge in [0, 0.05) is 0 Å². The number of hydrogen-bond acceptors (Lipinski definition) is 16. The molecule has 4 aromatic rings. The van der Waals surface area contributed by atoms with Crippen molar-refractivity contribution >= 4 is 71.9 Å². The van der Waals surface area contributed by atoms with E-state index in [2.05, 4.69) is 64.6 Å². The first kappa shape index (κ1) is 30.2. The number of thiol groups is 2. The van der Waals surface area contributed by atoms with Crippen LogP contribution in [0.4, 0.5) is 11.6 Å². The van der Waals surface area contributed by atoms with Crippen LogP contribution in [0.2, 0.25) is 0 Å². The van der Waals surface area contributed by atoms with E-state index in [0.29, 0.717) is 0 Å². The zero-order valence-corrected chi connectivity index (χ0v) is 25.8. The van der Waals surface area contributed by atoms with Crippen molar-refractivity contribution in [1.82, 2.24) is 49.2 Å². The molecule has 44 heavy (non-hydrogen) atoms. The number of aliphatic hydroxyl groups is 2. The summed E-state index contributed by atoms with van der Waals surface area (Å²) in [5, 5.41) is 28.1. The number of nitrogen functional groups attached to an aromatic ring is 2. The van der Waals surface area contributed by atoms with Crippen LogP contribution in [0.5, 0.6) is 0 Å². The summed E-state index contributed by atoms with van der Waals surface area (Å²) in [5.41, 5.74) is 12.9. The van der Waals surface area contributed by atoms with Gasteiger partial charge in [0.05, 0.1) is 38.0 Å². The number of anilines is 2. The molecule has 10 atom stereocenters. The molecule has 8 N–H and O–H groups in total. The predicted molar refractivity (Wildman–Crippen MR) is 158 cm³/mol. The molecule has 4 aromatic heterocycles. The largest absolute Gasteiger partial charge is 0.387 e. The summed E-state index contributed by atoms with van der Waals surface area (Å²) in [6.45, 7) is -8.79. The number of imidazole rings is 2. The number of aliphatic hydroxyl groups excluding tert-OH is 2. The van der Waals surface area contributed by atoms with Gasteiger partial charge in [-0.1, -0.05) is 24.5 Å². The van der Waals surface area contributed by atoms with E-state index in [1.54, 1.807) is 0 Å². The standard InChI is InChI=1S/C20H26N12O8P2S2/c21-15-11-17(25-3-23-15)31(5-27-11)19-13(33)9-7(39-19)1-37-41(35,43)30-10-8(2-38-42(36,44)29-9)40-20(14(10)34)32-6-28-12-16(22)24-4-26-18(12)32/h3-10,13-14,19-20,33-34H,1-2H2,(H2,21,23,25)(H2,22,24,26)(H2,29,36,44)(H2,30,35,43). The first-order chi connectivity index (χ1) is 20.9. The Kier molecular flexibility index (Phi) is 7.63. The minimum Gasteiger partial charge on any atom is -0.387 e. The molecular formula is C20H26N12O8P2S2. The molecule has 0 saturated carbocycles. The van der Waals surface area contributed by atoms with Crippen LogP contribution in [0.25, 0.3) is 22.3 Å². The van der Waals surface area contributed by atoms with Crippen molar-refractivity contribution in [2.75, 3.05) is 24.7 Å². The summed E-state index contributed by atoms with van der Waals surface area (Å²) in [4.78, 5) is 24.6. The van der Waals surface area contributed by atoms with Crippen LogP contribution in [0.15, 0.2) is 25.3 Å². The summed E-state index contributed by atoms with van der Waals surface area (Å²) in [6.07, 6.45) is -1.88. The average molecular weight is 689 g/mol. The Balaban J connectivity index is 1.17. The fraction of sp³-hybridized carbons (Fsp3) is 0.500. The van der Waals surface area contributed by atoms with Gasteiger partial charge in [-0.05, 0) is 0 Å². The van der Waals surface area contributed by atoms with Gasteiger partial charge >= 0.3 is 13.4 Å². The van der Waals surface area contributed by atoms with Crippen LogP contribution in [-0.4, -0.2) is 99.0 Å². The van der Waals surface area contributed by atoms with Gasteiger partial charge < -0.3 is 40.2 Å². The first-order valence-corrected chi connectivity index (χ1v) is 18.5. The first-order valence-electron chi connectivity index (χ1n) is 13.0. The highest BCUT2D eigenvalue weighted by atomic mass is 32.7. The van der Waals surface area contributed by atoms with E-state index in [0.717, 1.165) is 0 Å². The molecule has 236 valence electrons. The fourth-order valence-electron chi connectivity index (χ4n) is 5.46. The van der Waals surface area contributed by atoms with Gasteiger partial charge in [-0.2, -0.15) is 0 Å². The molecule has 7 heterocycles. The van der Waals surface area contributed by atoms with Crippen molar-refractivity contribution in [2.24, 2.45) is 0 Å². The third-order valence-corrected chi connectivity index (χ3v) is 11.2. The van der Waals surface area contributed by atoms with E-state index in [4.69, 9.17) is 30.0 Å². The number of ether oxygens (including phenoxy) is 2. The molecule has 0 amide bonds. The lowest BCUT2D eigenvalue weighted by atomic mass is 10.1. The van der Waals surface area contributed by atoms with Gasteiger partial charge in [0.15, 0.2) is 35.4 Å². The minimum absolute atomic E-state index is 0.125. The van der Waals surface area contributed by atoms with Crippen molar-refractivity contribution in [3.63, 3.8) is 0 Å². The lowest BCUT2D eigenvalue weighted by Crippen LogP contribution is -2.47. The van der Waals surface area contributed by atoms with E-state index < -0.39 is 75.6 Å². The van der Waals surface area contributed by atoms with Crippen LogP contribution >= 0.6 is 37.9 Å². The molecular weight excluding hydrogens is 662 g/mol. The molecule has 0 aromatic carbocycles. The highest BCUT2D eigenvalue weighted by molar-refractivity contribution is 8.45. The lowest BCUT2D eigenvalue weighted by Gasteiger charge is -2.30. The molecule has 0 radical (unpaired) electrons. The Morgan fingerprint density at radius 3 is 1.57 bits per heavy atom. The van der Waals surface area contributed by atoms with Crippen molar-refractivity contribution < 1.29 is 37.9 Å². The topological polar surface area (TPSA) is 275 Å². The average Bonchev–Trinajstić information content (AvgIpc) is 3.73. The Labute approximate surface area is 257 Å². The minimum atomic E-state index is -3.99. The molecule has 7 rings (SSSR count). The van der Waals surface area contributed by atoms with Gasteiger partial charge in [0.1, 0.15) is 48.1 Å². The second-order valence-electron chi connectivity index (χ2n) is 10.2. The molecule has 0 aliphatic carbocycles. The Bertz CT molecular complexity index is 1700. The van der Waals surface area contributed by atoms with Crippen molar-refractivity contribution in [3.8, 4) is 0 Å². The second kappa shape index (κ2) is 11.1. The van der Waals surface area contributed by atoms with E-state index in [-0.39, 0.29) is 34.0 Å². The Hall–Kier alpha value is -2.46. The summed E-state index contributed by atoms with van der Waals surface area (Å²) in [6, 6.07) is -2.21. The maximum Gasteiger partial charge on any atom is 0.324 e. The van der Waals surface area contributed by atoms with Crippen LogP contribution in [0.1, 0.15) is 12.5 Å². The van der Waals surface area contributed by atoms with Crippen LogP contribution < -0.4 is 21.6 Å². The number of nitrogens with two attached hydrogens (primary N) is 2. The monoisotopic (exact) mass is 688 g/mol. The molecule has 10 unspecified atom stereocenters. The Morgan fingerprint density at radius 2 is 1.16 bits per heavy atom. The van der Waals surface area contributed by atoms with Crippen LogP contribution in [0, 0.1) is 0 Å². The summed E-state index contributed by atoms with van der Waals surface area (Å²) in [7, 11) is 0. The van der Waals surface area contributed by atoms with Gasteiger partial charge in [-0.3, -0.25) is 18.3 Å². The SMILES string of the molecule is Nc1ncnc2c1ncn2C1OC2COP(=O)(S)NC3C(COP(=O)(S)NC2C1O)OC(n1cnc2c(N)ncnc21)C3O. The smallest absolute Gasteiger partial charge is 0.324 e. The second-order valence-corrected chi connectivity index (χ2v) is 16.5. The van der Waals surface area contributed by atoms with Crippen molar-refractivity contribution in [1.29, 1.82) is 0 Å². The number of rotatable bonds is 2. The van der Waals surface area contributed by atoms with Gasteiger partial charge in [0.2, 0.25) is 0 Å². The van der Waals surface area contributed by atoms with Gasteiger partial charge in [-0.15, -0.1) is 0 Å². The van der Waals surface area contributed by atoms with Crippen LogP contribution in [-0.2, 0) is 27.7 Å². The van der Waals surface area contributed by atoms with E-state index in [9.17, 15) is 19.3 Å². The molecule has 24 heteroatoms. The number of nitrogens with zero attached hydrogens (tertiary/aromatic N) is 8. The Morgan fingerprint density at radius 1 is 0.750 bits per heavy atom. The van der Waals surface area contributed by atoms with E-state index in [1.807, 2.05) is 0 Å². The van der Waals surface area contributed by atoms with Gasteiger partial charge in [0.25, 0.3) is 0 Å². The van der Waals surface area contributed by atoms with E-state index >= 15 is 0 Å². The number of hydrogen-bond donors (Lipinski definition) is 8. The fourth-order valence-corrected chi connectivity index (χ4v) is 8.90. The number of nitrogens with one attached hydrogen (secondary N) is 2. The number of fused-ring (bicyclic) bond motifs is 4. The third-order valence-electron chi connectivity index (χ3n) is 7.52. The summed E-state index contributed by atoms with van der Waals surface area (Å²) >= 11 is 8.42. The summed E-state index contributed by atoms with van der Waals surface area (Å²) < 4.78 is 53.4. The maximum absolute atomic E-state index is 13.5.